The fourth-order valence-electron chi connectivity index (χ4n) is 2.23. The van der Waals surface area contributed by atoms with Crippen molar-refractivity contribution < 1.29 is 35.0 Å². The van der Waals surface area contributed by atoms with Crippen molar-refractivity contribution >= 4 is 7.82 Å². The van der Waals surface area contributed by atoms with Crippen LogP contribution in [0.1, 0.15) is 79.1 Å². The summed E-state index contributed by atoms with van der Waals surface area (Å²) in [5.74, 6) is 0.607. The Labute approximate surface area is 147 Å². The number of unbranched alkanes of at least 4 members (excludes halogenated alkanes) is 2. The maximum absolute atomic E-state index is 11.8. The Balaban J connectivity index is 0. The summed E-state index contributed by atoms with van der Waals surface area (Å²) in [5.41, 5.74) is 0. The molecule has 22 heavy (non-hydrogen) atoms. The van der Waals surface area contributed by atoms with E-state index in [4.69, 9.17) is 9.05 Å². The molecule has 0 aliphatic rings. The molecule has 0 aliphatic heterocycles. The fourth-order valence-corrected chi connectivity index (χ4v) is 3.09. The Morgan fingerprint density at radius 2 is 1.23 bits per heavy atom. The van der Waals surface area contributed by atoms with Gasteiger partial charge in [0.25, 0.3) is 7.82 Å². The SMILES string of the molecule is CCCCC(CC)COP(=O)([O-])OCC(CC)CCCC.[Ni+]. The Morgan fingerprint density at radius 1 is 0.864 bits per heavy atom. The first-order valence-corrected chi connectivity index (χ1v) is 10.0. The number of phosphoric acid groups is 1. The molecule has 0 fully saturated rings. The summed E-state index contributed by atoms with van der Waals surface area (Å²) in [7, 11) is -4.14. The van der Waals surface area contributed by atoms with Crippen LogP contribution in [0.3, 0.4) is 0 Å². The standard InChI is InChI=1S/C16H35O4P.Ni/c1-5-9-11-15(7-3)13-19-21(17,18)20-14-16(8-4)12-10-6-2;/h15-16H,5-14H2,1-4H3,(H,17,18);/q;+1/p-1. The molecule has 1 radical (unpaired) electrons. The van der Waals surface area contributed by atoms with Crippen molar-refractivity contribution in [2.45, 2.75) is 79.1 Å². The van der Waals surface area contributed by atoms with Crippen LogP contribution in [-0.4, -0.2) is 13.2 Å². The van der Waals surface area contributed by atoms with E-state index in [-0.39, 0.29) is 29.7 Å². The molecule has 0 rings (SSSR count). The molecule has 0 N–H and O–H groups in total. The van der Waals surface area contributed by atoms with Crippen molar-refractivity contribution in [2.75, 3.05) is 13.2 Å². The van der Waals surface area contributed by atoms with Crippen LogP contribution in [0.2, 0.25) is 0 Å². The number of phosphoric ester groups is 1. The van der Waals surface area contributed by atoms with Gasteiger partial charge in [0.05, 0.1) is 13.2 Å². The van der Waals surface area contributed by atoms with E-state index in [1.165, 1.54) is 0 Å². The summed E-state index contributed by atoms with van der Waals surface area (Å²) in [6.07, 6.45) is 8.38. The second kappa shape index (κ2) is 15.1. The monoisotopic (exact) mass is 379 g/mol. The number of hydrogen-bond acceptors (Lipinski definition) is 4. The van der Waals surface area contributed by atoms with Crippen molar-refractivity contribution in [2.24, 2.45) is 11.8 Å². The van der Waals surface area contributed by atoms with Gasteiger partial charge in [0, 0.05) is 0 Å². The van der Waals surface area contributed by atoms with Gasteiger partial charge in [-0.15, -0.1) is 0 Å². The van der Waals surface area contributed by atoms with E-state index in [1.807, 2.05) is 0 Å². The normalized spacial score (nSPS) is 16.6. The molecule has 0 aromatic heterocycles. The molecule has 0 spiro atoms. The fraction of sp³-hybridized carbons (Fsp3) is 1.00. The molecule has 2 unspecified atom stereocenters. The van der Waals surface area contributed by atoms with Gasteiger partial charge in [-0.3, -0.25) is 4.57 Å². The summed E-state index contributed by atoms with van der Waals surface area (Å²) in [6.45, 7) is 8.91. The molecule has 4 nitrogen and oxygen atoms in total. The molecule has 137 valence electrons. The van der Waals surface area contributed by atoms with Crippen molar-refractivity contribution in [1.29, 1.82) is 0 Å². The third kappa shape index (κ3) is 13.1. The van der Waals surface area contributed by atoms with Crippen LogP contribution < -0.4 is 4.89 Å². The first kappa shape index (κ1) is 24.9. The molecule has 0 saturated heterocycles. The number of hydrogen-bond donors (Lipinski definition) is 0. The molecule has 0 aliphatic carbocycles. The van der Waals surface area contributed by atoms with Gasteiger partial charge >= 0.3 is 16.5 Å². The Kier molecular flexibility index (Phi) is 17.1. The average molecular weight is 380 g/mol. The average Bonchev–Trinajstić information content (AvgIpc) is 2.47. The molecule has 0 aromatic rings. The van der Waals surface area contributed by atoms with Crippen LogP contribution in [0.5, 0.6) is 0 Å². The maximum atomic E-state index is 11.8. The molecule has 6 heteroatoms. The smallest absolute Gasteiger partial charge is 0.756 e. The van der Waals surface area contributed by atoms with Gasteiger partial charge in [0.1, 0.15) is 0 Å². The first-order valence-electron chi connectivity index (χ1n) is 8.59. The van der Waals surface area contributed by atoms with E-state index >= 15 is 0 Å². The third-order valence-corrected chi connectivity index (χ3v) is 4.95. The van der Waals surface area contributed by atoms with Crippen LogP contribution in [0, 0.1) is 11.8 Å². The molecule has 0 heterocycles. The van der Waals surface area contributed by atoms with E-state index in [9.17, 15) is 9.46 Å². The van der Waals surface area contributed by atoms with Crippen LogP contribution in [0.4, 0.5) is 0 Å². The van der Waals surface area contributed by atoms with Crippen LogP contribution in [-0.2, 0) is 30.1 Å². The second-order valence-electron chi connectivity index (χ2n) is 5.87. The topological polar surface area (TPSA) is 58.6 Å². The second-order valence-corrected chi connectivity index (χ2v) is 7.28. The minimum atomic E-state index is -4.14. The van der Waals surface area contributed by atoms with E-state index < -0.39 is 7.82 Å². The molecule has 2 atom stereocenters. The minimum absolute atomic E-state index is 0. The molecular weight excluding hydrogens is 346 g/mol. The van der Waals surface area contributed by atoms with Gasteiger partial charge in [0.2, 0.25) is 0 Å². The van der Waals surface area contributed by atoms with Crippen molar-refractivity contribution in [3.63, 3.8) is 0 Å². The van der Waals surface area contributed by atoms with Crippen LogP contribution in [0.15, 0.2) is 0 Å². The summed E-state index contributed by atoms with van der Waals surface area (Å²) in [5, 5.41) is 0. The predicted octanol–water partition coefficient (Wildman–Crippen LogP) is 4.92. The van der Waals surface area contributed by atoms with Crippen molar-refractivity contribution in [3.8, 4) is 0 Å². The molecule has 0 saturated carbocycles. The van der Waals surface area contributed by atoms with Crippen molar-refractivity contribution in [1.82, 2.24) is 0 Å². The summed E-state index contributed by atoms with van der Waals surface area (Å²) >= 11 is 0. The molecular formula is C16H34NiO4P. The Bertz CT molecular complexity index is 265. The van der Waals surface area contributed by atoms with Crippen molar-refractivity contribution in [3.05, 3.63) is 0 Å². The third-order valence-electron chi connectivity index (χ3n) is 4.02. The van der Waals surface area contributed by atoms with Gasteiger partial charge in [-0.05, 0) is 24.7 Å². The zero-order valence-corrected chi connectivity index (χ0v) is 16.5. The first-order chi connectivity index (χ1) is 9.99. The van der Waals surface area contributed by atoms with E-state index in [2.05, 4.69) is 27.7 Å². The molecule has 0 amide bonds. The van der Waals surface area contributed by atoms with Crippen LogP contribution >= 0.6 is 7.82 Å². The zero-order chi connectivity index (χ0) is 16.1. The predicted molar refractivity (Wildman–Crippen MR) is 86.1 cm³/mol. The molecule has 0 aromatic carbocycles. The maximum Gasteiger partial charge on any atom is 1.00 e. The van der Waals surface area contributed by atoms with E-state index in [1.54, 1.807) is 0 Å². The minimum Gasteiger partial charge on any atom is -0.756 e. The van der Waals surface area contributed by atoms with E-state index in [0.717, 1.165) is 51.4 Å². The summed E-state index contributed by atoms with van der Waals surface area (Å²) < 4.78 is 21.9. The largest absolute Gasteiger partial charge is 1.00 e. The summed E-state index contributed by atoms with van der Waals surface area (Å²) in [4.78, 5) is 11.8. The van der Waals surface area contributed by atoms with Gasteiger partial charge in [-0.25, -0.2) is 0 Å². The quantitative estimate of drug-likeness (QED) is 0.317. The summed E-state index contributed by atoms with van der Waals surface area (Å²) in [6, 6.07) is 0. The number of rotatable bonds is 14. The Morgan fingerprint density at radius 3 is 1.50 bits per heavy atom. The van der Waals surface area contributed by atoms with Crippen LogP contribution in [0.25, 0.3) is 0 Å². The van der Waals surface area contributed by atoms with Gasteiger partial charge in [0.15, 0.2) is 0 Å². The molecule has 0 bridgehead atoms. The zero-order valence-electron chi connectivity index (χ0n) is 14.6. The van der Waals surface area contributed by atoms with Gasteiger partial charge in [-0.1, -0.05) is 66.2 Å². The van der Waals surface area contributed by atoms with Gasteiger partial charge in [-0.2, -0.15) is 0 Å². The van der Waals surface area contributed by atoms with Gasteiger partial charge < -0.3 is 13.9 Å². The van der Waals surface area contributed by atoms with E-state index in [0.29, 0.717) is 11.8 Å². The Hall–Kier alpha value is 0.604.